The highest BCUT2D eigenvalue weighted by Gasteiger charge is 2.30. The van der Waals surface area contributed by atoms with Crippen LogP contribution in [0.15, 0.2) is 24.3 Å². The van der Waals surface area contributed by atoms with Crippen molar-refractivity contribution in [2.45, 2.75) is 37.7 Å². The summed E-state index contributed by atoms with van der Waals surface area (Å²) in [6.07, 6.45) is 1.52. The summed E-state index contributed by atoms with van der Waals surface area (Å²) in [5, 5.41) is 7.12. The smallest absolute Gasteiger partial charge is 0.411 e. The third-order valence-electron chi connectivity index (χ3n) is 4.96. The zero-order valence-electron chi connectivity index (χ0n) is 16.4. The lowest BCUT2D eigenvalue weighted by molar-refractivity contribution is -0.179. The number of hydrogen-bond donors (Lipinski definition) is 1. The van der Waals surface area contributed by atoms with Crippen LogP contribution in [0.4, 0.5) is 13.2 Å². The molecule has 0 saturated carbocycles. The summed E-state index contributed by atoms with van der Waals surface area (Å²) in [7, 11) is 0. The SMILES string of the molecule is C#Cc1ccc2c(c1)C[C@@H](NC(=O)c1cc3n(n1)CCC(COCC(F)(F)F)O3)CO2. The molecule has 0 spiro atoms. The van der Waals surface area contributed by atoms with Crippen LogP contribution in [-0.4, -0.2) is 53.8 Å². The van der Waals surface area contributed by atoms with Crippen LogP contribution in [0.5, 0.6) is 11.6 Å². The molecular weight excluding hydrogens is 415 g/mol. The summed E-state index contributed by atoms with van der Waals surface area (Å²) >= 11 is 0. The number of nitrogens with one attached hydrogen (secondary N) is 1. The van der Waals surface area contributed by atoms with Gasteiger partial charge in [0, 0.05) is 24.6 Å². The average Bonchev–Trinajstić information content (AvgIpc) is 3.16. The second-order valence-electron chi connectivity index (χ2n) is 7.40. The summed E-state index contributed by atoms with van der Waals surface area (Å²) in [6.45, 7) is -0.784. The largest absolute Gasteiger partial charge is 0.491 e. The van der Waals surface area contributed by atoms with Gasteiger partial charge in [-0.3, -0.25) is 4.79 Å². The monoisotopic (exact) mass is 435 g/mol. The zero-order chi connectivity index (χ0) is 22.0. The lowest BCUT2D eigenvalue weighted by atomic mass is 10.0. The Kier molecular flexibility index (Phi) is 5.78. The van der Waals surface area contributed by atoms with E-state index < -0.39 is 18.9 Å². The van der Waals surface area contributed by atoms with Crippen molar-refractivity contribution in [3.05, 3.63) is 41.1 Å². The van der Waals surface area contributed by atoms with E-state index in [1.165, 1.54) is 10.7 Å². The summed E-state index contributed by atoms with van der Waals surface area (Å²) in [6, 6.07) is 6.70. The molecule has 164 valence electrons. The fourth-order valence-corrected chi connectivity index (χ4v) is 3.52. The molecule has 0 bridgehead atoms. The van der Waals surface area contributed by atoms with Crippen LogP contribution < -0.4 is 14.8 Å². The first-order valence-electron chi connectivity index (χ1n) is 9.73. The maximum absolute atomic E-state index is 12.6. The van der Waals surface area contributed by atoms with Crippen molar-refractivity contribution in [3.63, 3.8) is 0 Å². The Morgan fingerprint density at radius 2 is 2.23 bits per heavy atom. The quantitative estimate of drug-likeness (QED) is 0.730. The summed E-state index contributed by atoms with van der Waals surface area (Å²) in [5.74, 6) is 3.25. The zero-order valence-corrected chi connectivity index (χ0v) is 16.4. The van der Waals surface area contributed by atoms with Crippen molar-refractivity contribution in [1.29, 1.82) is 0 Å². The van der Waals surface area contributed by atoms with Crippen LogP contribution in [0.1, 0.15) is 28.0 Å². The third kappa shape index (κ3) is 5.11. The number of aromatic nitrogens is 2. The van der Waals surface area contributed by atoms with Gasteiger partial charge in [-0.15, -0.1) is 6.42 Å². The predicted molar refractivity (Wildman–Crippen MR) is 103 cm³/mol. The maximum atomic E-state index is 12.6. The van der Waals surface area contributed by atoms with Gasteiger partial charge in [0.1, 0.15) is 25.1 Å². The van der Waals surface area contributed by atoms with Crippen molar-refractivity contribution >= 4 is 5.91 Å². The van der Waals surface area contributed by atoms with Crippen LogP contribution in [0, 0.1) is 12.3 Å². The number of terminal acetylenes is 1. The van der Waals surface area contributed by atoms with E-state index >= 15 is 0 Å². The van der Waals surface area contributed by atoms with Gasteiger partial charge in [-0.05, 0) is 30.2 Å². The summed E-state index contributed by atoms with van der Waals surface area (Å²) in [5.41, 5.74) is 1.82. The minimum absolute atomic E-state index is 0.162. The molecule has 2 aliphatic heterocycles. The van der Waals surface area contributed by atoms with Gasteiger partial charge in [0.2, 0.25) is 5.88 Å². The second-order valence-corrected chi connectivity index (χ2v) is 7.40. The third-order valence-corrected chi connectivity index (χ3v) is 4.96. The fraction of sp³-hybridized carbons (Fsp3) is 0.429. The number of benzene rings is 1. The summed E-state index contributed by atoms with van der Waals surface area (Å²) < 4.78 is 54.1. The Balaban J connectivity index is 1.34. The number of carbonyl (C=O) groups is 1. The molecule has 31 heavy (non-hydrogen) atoms. The molecule has 2 aromatic rings. The molecule has 0 fully saturated rings. The Hall–Kier alpha value is -3.19. The van der Waals surface area contributed by atoms with Crippen molar-refractivity contribution in [2.24, 2.45) is 0 Å². The fourth-order valence-electron chi connectivity index (χ4n) is 3.52. The van der Waals surface area contributed by atoms with Gasteiger partial charge in [-0.1, -0.05) is 5.92 Å². The van der Waals surface area contributed by atoms with Gasteiger partial charge in [0.15, 0.2) is 5.69 Å². The molecule has 0 radical (unpaired) electrons. The lowest BCUT2D eigenvalue weighted by Gasteiger charge is -2.26. The molecule has 0 saturated heterocycles. The molecule has 2 atom stereocenters. The van der Waals surface area contributed by atoms with Gasteiger partial charge >= 0.3 is 6.18 Å². The number of fused-ring (bicyclic) bond motifs is 2. The minimum Gasteiger partial charge on any atom is -0.491 e. The Morgan fingerprint density at radius 3 is 3.00 bits per heavy atom. The molecule has 3 heterocycles. The van der Waals surface area contributed by atoms with E-state index in [1.54, 1.807) is 6.07 Å². The van der Waals surface area contributed by atoms with E-state index in [0.29, 0.717) is 31.9 Å². The number of carbonyl (C=O) groups excluding carboxylic acids is 1. The van der Waals surface area contributed by atoms with Crippen LogP contribution in [0.2, 0.25) is 0 Å². The standard InChI is InChI=1S/C21H20F3N3O4/c1-2-13-3-4-18-14(7-13)8-15(10-30-18)25-20(28)17-9-19-27(26-17)6-5-16(31-19)11-29-12-21(22,23)24/h1,3-4,7,9,15-16H,5-6,8,10-12H2,(H,25,28)/t15-,16?/m1/s1. The number of nitrogens with zero attached hydrogens (tertiary/aromatic N) is 2. The lowest BCUT2D eigenvalue weighted by Crippen LogP contribution is -2.42. The van der Waals surface area contributed by atoms with Crippen molar-refractivity contribution in [1.82, 2.24) is 15.1 Å². The van der Waals surface area contributed by atoms with Gasteiger partial charge < -0.3 is 19.5 Å². The topological polar surface area (TPSA) is 74.6 Å². The second kappa shape index (κ2) is 8.51. The van der Waals surface area contributed by atoms with Crippen LogP contribution in [-0.2, 0) is 17.7 Å². The van der Waals surface area contributed by atoms with Crippen molar-refractivity contribution in [3.8, 4) is 24.0 Å². The molecule has 1 aromatic carbocycles. The van der Waals surface area contributed by atoms with E-state index in [-0.39, 0.29) is 24.2 Å². The van der Waals surface area contributed by atoms with E-state index in [2.05, 4.69) is 21.1 Å². The highest BCUT2D eigenvalue weighted by molar-refractivity contribution is 5.92. The van der Waals surface area contributed by atoms with Crippen molar-refractivity contribution in [2.75, 3.05) is 19.8 Å². The number of rotatable bonds is 5. The maximum Gasteiger partial charge on any atom is 0.411 e. The molecule has 7 nitrogen and oxygen atoms in total. The summed E-state index contributed by atoms with van der Waals surface area (Å²) in [4.78, 5) is 12.6. The van der Waals surface area contributed by atoms with Crippen LogP contribution >= 0.6 is 0 Å². The van der Waals surface area contributed by atoms with Gasteiger partial charge in [0.05, 0.1) is 12.6 Å². The highest BCUT2D eigenvalue weighted by atomic mass is 19.4. The normalized spacial score (nSPS) is 19.9. The van der Waals surface area contributed by atoms with Crippen LogP contribution in [0.3, 0.4) is 0 Å². The molecule has 4 rings (SSSR count). The van der Waals surface area contributed by atoms with Crippen molar-refractivity contribution < 1.29 is 32.2 Å². The first-order chi connectivity index (χ1) is 14.8. The predicted octanol–water partition coefficient (Wildman–Crippen LogP) is 2.33. The van der Waals surface area contributed by atoms with Crippen LogP contribution in [0.25, 0.3) is 0 Å². The Bertz CT molecular complexity index is 1010. The van der Waals surface area contributed by atoms with Gasteiger partial charge in [-0.25, -0.2) is 4.68 Å². The molecule has 0 aliphatic carbocycles. The van der Waals surface area contributed by atoms with E-state index in [0.717, 1.165) is 16.9 Å². The van der Waals surface area contributed by atoms with E-state index in [4.69, 9.17) is 15.9 Å². The molecule has 1 amide bonds. The molecular formula is C21H20F3N3O4. The molecule has 1 aromatic heterocycles. The van der Waals surface area contributed by atoms with Gasteiger partial charge in [0.25, 0.3) is 5.91 Å². The van der Waals surface area contributed by atoms with E-state index in [9.17, 15) is 18.0 Å². The molecule has 1 N–H and O–H groups in total. The van der Waals surface area contributed by atoms with E-state index in [1.807, 2.05) is 12.1 Å². The average molecular weight is 435 g/mol. The number of aryl methyl sites for hydroxylation is 1. The highest BCUT2D eigenvalue weighted by Crippen LogP contribution is 2.26. The first kappa shape index (κ1) is 21.1. The number of alkyl halides is 3. The number of hydrogen-bond acceptors (Lipinski definition) is 5. The minimum atomic E-state index is -4.38. The Morgan fingerprint density at radius 1 is 1.39 bits per heavy atom. The first-order valence-corrected chi connectivity index (χ1v) is 9.73. The number of amides is 1. The number of ether oxygens (including phenoxy) is 3. The number of halogens is 3. The Labute approximate surface area is 176 Å². The molecule has 2 aliphatic rings. The molecule has 10 heteroatoms. The van der Waals surface area contributed by atoms with Gasteiger partial charge in [-0.2, -0.15) is 18.3 Å². The molecule has 1 unspecified atom stereocenters.